The van der Waals surface area contributed by atoms with E-state index in [1.807, 2.05) is 18.2 Å². The number of anilines is 1. The maximum atomic E-state index is 12.6. The van der Waals surface area contributed by atoms with Gasteiger partial charge in [0.15, 0.2) is 16.5 Å². The van der Waals surface area contributed by atoms with E-state index in [1.54, 1.807) is 40.4 Å². The van der Waals surface area contributed by atoms with Gasteiger partial charge < -0.3 is 10.2 Å². The number of rotatable bonds is 3. The third-order valence-electron chi connectivity index (χ3n) is 4.78. The lowest BCUT2D eigenvalue weighted by atomic mass is 10.1. The number of piperidine rings is 1. The van der Waals surface area contributed by atoms with E-state index in [0.29, 0.717) is 11.3 Å². The second-order valence-corrected chi connectivity index (χ2v) is 7.68. The first-order chi connectivity index (χ1) is 13.3. The molecule has 7 nitrogen and oxygen atoms in total. The average molecular weight is 378 g/mol. The zero-order valence-electron chi connectivity index (χ0n) is 14.6. The van der Waals surface area contributed by atoms with E-state index in [4.69, 9.17) is 4.98 Å². The molecule has 1 aliphatic heterocycles. The summed E-state index contributed by atoms with van der Waals surface area (Å²) < 4.78 is 2.80. The molecule has 4 aromatic rings. The number of thiazole rings is 1. The monoisotopic (exact) mass is 378 g/mol. The topological polar surface area (TPSA) is 75.4 Å². The number of benzene rings is 1. The molecular weight excluding hydrogens is 360 g/mol. The minimum atomic E-state index is -0.156. The molecule has 1 saturated heterocycles. The average Bonchev–Trinajstić information content (AvgIpc) is 3.32. The van der Waals surface area contributed by atoms with E-state index in [-0.39, 0.29) is 11.9 Å². The van der Waals surface area contributed by atoms with Crippen LogP contribution in [0.5, 0.6) is 0 Å². The first-order valence-corrected chi connectivity index (χ1v) is 9.80. The van der Waals surface area contributed by atoms with Gasteiger partial charge in [-0.05, 0) is 31.0 Å². The molecule has 8 heteroatoms. The van der Waals surface area contributed by atoms with Crippen LogP contribution >= 0.6 is 11.3 Å². The maximum absolute atomic E-state index is 12.6. The maximum Gasteiger partial charge on any atom is 0.272 e. The van der Waals surface area contributed by atoms with Crippen LogP contribution in [0.15, 0.2) is 48.8 Å². The van der Waals surface area contributed by atoms with Crippen molar-refractivity contribution in [2.24, 2.45) is 0 Å². The molecule has 4 heterocycles. The highest BCUT2D eigenvalue weighted by molar-refractivity contribution is 7.22. The van der Waals surface area contributed by atoms with Gasteiger partial charge >= 0.3 is 0 Å². The molecule has 0 aliphatic carbocycles. The minimum absolute atomic E-state index is 0.0797. The van der Waals surface area contributed by atoms with Gasteiger partial charge in [-0.2, -0.15) is 5.10 Å². The van der Waals surface area contributed by atoms with Crippen LogP contribution < -0.4 is 10.2 Å². The van der Waals surface area contributed by atoms with Crippen molar-refractivity contribution in [2.45, 2.75) is 18.9 Å². The van der Waals surface area contributed by atoms with Gasteiger partial charge in [0.1, 0.15) is 0 Å². The minimum Gasteiger partial charge on any atom is -0.346 e. The van der Waals surface area contributed by atoms with Gasteiger partial charge in [-0.25, -0.2) is 14.5 Å². The van der Waals surface area contributed by atoms with Gasteiger partial charge in [0.05, 0.1) is 10.2 Å². The van der Waals surface area contributed by atoms with Crippen molar-refractivity contribution in [3.05, 3.63) is 54.5 Å². The summed E-state index contributed by atoms with van der Waals surface area (Å²) >= 11 is 1.70. The standard InChI is InChI=1S/C19H18N6OS/c26-18(15-11-17-20-8-4-10-25(17)23-15)21-13-5-3-9-24(12-13)19-22-14-6-1-2-7-16(14)27-19/h1-2,4,6-8,10-11,13H,3,5,9,12H2,(H,21,26). The van der Waals surface area contributed by atoms with E-state index in [9.17, 15) is 4.79 Å². The lowest BCUT2D eigenvalue weighted by Crippen LogP contribution is -2.47. The summed E-state index contributed by atoms with van der Waals surface area (Å²) in [7, 11) is 0. The van der Waals surface area contributed by atoms with Crippen molar-refractivity contribution < 1.29 is 4.79 Å². The Kier molecular flexibility index (Phi) is 3.97. The largest absolute Gasteiger partial charge is 0.346 e. The normalized spacial score (nSPS) is 17.5. The molecule has 1 amide bonds. The number of carbonyl (C=O) groups is 1. The van der Waals surface area contributed by atoms with E-state index >= 15 is 0 Å². The Morgan fingerprint density at radius 3 is 3.07 bits per heavy atom. The molecule has 0 saturated carbocycles. The SMILES string of the molecule is O=C(NC1CCCN(c2nc3ccccc3s2)C1)c1cc2ncccn2n1. The first-order valence-electron chi connectivity index (χ1n) is 8.98. The van der Waals surface area contributed by atoms with Crippen molar-refractivity contribution in [1.29, 1.82) is 0 Å². The molecule has 1 fully saturated rings. The summed E-state index contributed by atoms with van der Waals surface area (Å²) in [6.07, 6.45) is 5.46. The van der Waals surface area contributed by atoms with Crippen LogP contribution in [0.25, 0.3) is 15.9 Å². The van der Waals surface area contributed by atoms with Crippen LogP contribution in [0, 0.1) is 0 Å². The molecule has 27 heavy (non-hydrogen) atoms. The molecule has 0 spiro atoms. The fourth-order valence-corrected chi connectivity index (χ4v) is 4.46. The van der Waals surface area contributed by atoms with E-state index in [0.717, 1.165) is 36.6 Å². The second kappa shape index (κ2) is 6.62. The number of para-hydroxylation sites is 1. The van der Waals surface area contributed by atoms with Gasteiger partial charge in [-0.3, -0.25) is 4.79 Å². The highest BCUT2D eigenvalue weighted by atomic mass is 32.1. The Morgan fingerprint density at radius 2 is 2.19 bits per heavy atom. The molecule has 136 valence electrons. The summed E-state index contributed by atoms with van der Waals surface area (Å²) in [5.74, 6) is -0.156. The second-order valence-electron chi connectivity index (χ2n) is 6.67. The van der Waals surface area contributed by atoms with E-state index < -0.39 is 0 Å². The number of carbonyl (C=O) groups excluding carboxylic acids is 1. The summed E-state index contributed by atoms with van der Waals surface area (Å²) in [6, 6.07) is 11.8. The van der Waals surface area contributed by atoms with Gasteiger partial charge in [0, 0.05) is 37.6 Å². The van der Waals surface area contributed by atoms with Crippen LogP contribution in [0.3, 0.4) is 0 Å². The van der Waals surface area contributed by atoms with Gasteiger partial charge in [-0.1, -0.05) is 23.5 Å². The number of fused-ring (bicyclic) bond motifs is 2. The predicted octanol–water partition coefficient (Wildman–Crippen LogP) is 2.74. The molecular formula is C19H18N6OS. The lowest BCUT2D eigenvalue weighted by molar-refractivity contribution is 0.0928. The third-order valence-corrected chi connectivity index (χ3v) is 5.88. The van der Waals surface area contributed by atoms with Crippen LogP contribution in [0.2, 0.25) is 0 Å². The van der Waals surface area contributed by atoms with Gasteiger partial charge in [-0.15, -0.1) is 0 Å². The number of hydrogen-bond donors (Lipinski definition) is 1. The molecule has 1 atom stereocenters. The number of hydrogen-bond acceptors (Lipinski definition) is 6. The number of amides is 1. The summed E-state index contributed by atoms with van der Waals surface area (Å²) in [6.45, 7) is 1.72. The van der Waals surface area contributed by atoms with Crippen LogP contribution in [-0.2, 0) is 0 Å². The molecule has 1 aromatic carbocycles. The Hall–Kier alpha value is -3.00. The first kappa shape index (κ1) is 16.2. The molecule has 0 bridgehead atoms. The molecule has 1 unspecified atom stereocenters. The summed E-state index contributed by atoms with van der Waals surface area (Å²) in [4.78, 5) is 23.8. The van der Waals surface area contributed by atoms with Gasteiger partial charge in [0.25, 0.3) is 5.91 Å². The Bertz CT molecular complexity index is 1050. The van der Waals surface area contributed by atoms with Crippen molar-refractivity contribution in [3.8, 4) is 0 Å². The molecule has 5 rings (SSSR count). The van der Waals surface area contributed by atoms with Crippen molar-refractivity contribution in [2.75, 3.05) is 18.0 Å². The Labute approximate surface area is 159 Å². The fraction of sp³-hybridized carbons (Fsp3) is 0.263. The molecule has 1 aliphatic rings. The Morgan fingerprint density at radius 1 is 1.26 bits per heavy atom. The summed E-state index contributed by atoms with van der Waals surface area (Å²) in [5.41, 5.74) is 2.09. The fourth-order valence-electron chi connectivity index (χ4n) is 3.46. The van der Waals surface area contributed by atoms with E-state index in [2.05, 4.69) is 26.4 Å². The molecule has 1 N–H and O–H groups in total. The quantitative estimate of drug-likeness (QED) is 0.593. The number of nitrogens with one attached hydrogen (secondary N) is 1. The lowest BCUT2D eigenvalue weighted by Gasteiger charge is -2.32. The molecule has 0 radical (unpaired) electrons. The van der Waals surface area contributed by atoms with Crippen LogP contribution in [-0.4, -0.2) is 44.6 Å². The van der Waals surface area contributed by atoms with Gasteiger partial charge in [0.2, 0.25) is 0 Å². The Balaban J connectivity index is 1.31. The molecule has 3 aromatic heterocycles. The van der Waals surface area contributed by atoms with Crippen molar-refractivity contribution >= 4 is 38.2 Å². The zero-order valence-corrected chi connectivity index (χ0v) is 15.4. The van der Waals surface area contributed by atoms with Crippen LogP contribution in [0.4, 0.5) is 5.13 Å². The smallest absolute Gasteiger partial charge is 0.272 e. The highest BCUT2D eigenvalue weighted by Gasteiger charge is 2.24. The summed E-state index contributed by atoms with van der Waals surface area (Å²) in [5, 5.41) is 8.45. The van der Waals surface area contributed by atoms with Crippen molar-refractivity contribution in [1.82, 2.24) is 24.9 Å². The van der Waals surface area contributed by atoms with Crippen LogP contribution in [0.1, 0.15) is 23.3 Å². The number of aromatic nitrogens is 4. The zero-order chi connectivity index (χ0) is 18.2. The highest BCUT2D eigenvalue weighted by Crippen LogP contribution is 2.30. The predicted molar refractivity (Wildman–Crippen MR) is 105 cm³/mol. The number of nitrogens with zero attached hydrogens (tertiary/aromatic N) is 5. The third kappa shape index (κ3) is 3.12. The van der Waals surface area contributed by atoms with E-state index in [1.165, 1.54) is 4.70 Å². The van der Waals surface area contributed by atoms with Crippen molar-refractivity contribution in [3.63, 3.8) is 0 Å².